The van der Waals surface area contributed by atoms with Gasteiger partial charge in [-0.3, -0.25) is 0 Å². The Morgan fingerprint density at radius 1 is 1.50 bits per heavy atom. The lowest BCUT2D eigenvalue weighted by atomic mass is 10.1. The number of rotatable bonds is 3. The van der Waals surface area contributed by atoms with Gasteiger partial charge in [0, 0.05) is 25.2 Å². The normalized spacial score (nSPS) is 21.8. The fourth-order valence-electron chi connectivity index (χ4n) is 2.61. The molecule has 2 N–H and O–H groups in total. The van der Waals surface area contributed by atoms with Gasteiger partial charge >= 0.3 is 6.03 Å². The van der Waals surface area contributed by atoms with Crippen LogP contribution in [0.1, 0.15) is 24.8 Å². The molecule has 0 heterocycles. The molecule has 20 heavy (non-hydrogen) atoms. The van der Waals surface area contributed by atoms with Gasteiger partial charge in [-0.1, -0.05) is 6.42 Å². The lowest BCUT2D eigenvalue weighted by Crippen LogP contribution is -2.37. The molecule has 1 saturated carbocycles. The lowest BCUT2D eigenvalue weighted by molar-refractivity contribution is 0.116. The van der Waals surface area contributed by atoms with Crippen LogP contribution < -0.4 is 5.32 Å². The average Bonchev–Trinajstić information content (AvgIpc) is 2.79. The fraction of sp³-hybridized carbons (Fsp3) is 0.533. The van der Waals surface area contributed by atoms with Crippen molar-refractivity contribution >= 4 is 11.7 Å². The van der Waals surface area contributed by atoms with Crippen molar-refractivity contribution in [1.82, 2.24) is 4.90 Å². The quantitative estimate of drug-likeness (QED) is 0.894. The maximum Gasteiger partial charge on any atom is 0.321 e. The molecular formula is C15H21FN2O2. The van der Waals surface area contributed by atoms with E-state index >= 15 is 0 Å². The summed E-state index contributed by atoms with van der Waals surface area (Å²) in [7, 11) is 1.71. The number of aliphatic hydroxyl groups excluding tert-OH is 1. The monoisotopic (exact) mass is 280 g/mol. The van der Waals surface area contributed by atoms with Crippen molar-refractivity contribution in [3.8, 4) is 0 Å². The highest BCUT2D eigenvalue weighted by Gasteiger charge is 2.27. The first kappa shape index (κ1) is 14.8. The van der Waals surface area contributed by atoms with Crippen LogP contribution in [-0.2, 0) is 0 Å². The Kier molecular flexibility index (Phi) is 4.60. The van der Waals surface area contributed by atoms with Gasteiger partial charge in [-0.05, 0) is 43.5 Å². The molecule has 0 aromatic heterocycles. The zero-order valence-electron chi connectivity index (χ0n) is 11.9. The van der Waals surface area contributed by atoms with E-state index in [0.29, 0.717) is 17.8 Å². The van der Waals surface area contributed by atoms with E-state index in [-0.39, 0.29) is 23.9 Å². The summed E-state index contributed by atoms with van der Waals surface area (Å²) in [6, 6.07) is 4.24. The Labute approximate surface area is 118 Å². The molecule has 2 rings (SSSR count). The number of anilines is 1. The maximum absolute atomic E-state index is 13.2. The van der Waals surface area contributed by atoms with Gasteiger partial charge in [-0.15, -0.1) is 0 Å². The summed E-state index contributed by atoms with van der Waals surface area (Å²) < 4.78 is 13.2. The van der Waals surface area contributed by atoms with Crippen molar-refractivity contribution in [2.75, 3.05) is 18.9 Å². The number of nitrogens with zero attached hydrogens (tertiary/aromatic N) is 1. The van der Waals surface area contributed by atoms with Crippen molar-refractivity contribution in [2.24, 2.45) is 5.92 Å². The summed E-state index contributed by atoms with van der Waals surface area (Å²) in [6.45, 7) is 2.19. The SMILES string of the molecule is Cc1cc(NC(=O)N(C)CC2CCCC2O)ccc1F. The van der Waals surface area contributed by atoms with E-state index in [9.17, 15) is 14.3 Å². The number of hydrogen-bond acceptors (Lipinski definition) is 2. The third kappa shape index (κ3) is 3.48. The zero-order valence-corrected chi connectivity index (χ0v) is 11.9. The highest BCUT2D eigenvalue weighted by molar-refractivity contribution is 5.89. The van der Waals surface area contributed by atoms with Crippen molar-refractivity contribution in [2.45, 2.75) is 32.3 Å². The number of hydrogen-bond donors (Lipinski definition) is 2. The Bertz CT molecular complexity index is 493. The Morgan fingerprint density at radius 3 is 2.85 bits per heavy atom. The average molecular weight is 280 g/mol. The molecule has 1 aromatic rings. The number of aliphatic hydroxyl groups is 1. The van der Waals surface area contributed by atoms with E-state index in [1.165, 1.54) is 6.07 Å². The van der Waals surface area contributed by atoms with Gasteiger partial charge in [-0.2, -0.15) is 0 Å². The van der Waals surface area contributed by atoms with Gasteiger partial charge < -0.3 is 15.3 Å². The Balaban J connectivity index is 1.91. The number of amides is 2. The number of aryl methyl sites for hydroxylation is 1. The summed E-state index contributed by atoms with van der Waals surface area (Å²) >= 11 is 0. The fourth-order valence-corrected chi connectivity index (χ4v) is 2.61. The number of nitrogens with one attached hydrogen (secondary N) is 1. The van der Waals surface area contributed by atoms with Crippen molar-refractivity contribution in [3.05, 3.63) is 29.6 Å². The lowest BCUT2D eigenvalue weighted by Gasteiger charge is -2.23. The van der Waals surface area contributed by atoms with Crippen molar-refractivity contribution in [1.29, 1.82) is 0 Å². The van der Waals surface area contributed by atoms with Crippen LogP contribution in [0.25, 0.3) is 0 Å². The number of carbonyl (C=O) groups excluding carboxylic acids is 1. The molecule has 0 radical (unpaired) electrons. The third-order valence-electron chi connectivity index (χ3n) is 3.88. The molecule has 2 atom stereocenters. The Morgan fingerprint density at radius 2 is 2.25 bits per heavy atom. The van der Waals surface area contributed by atoms with Gasteiger partial charge in [0.2, 0.25) is 0 Å². The van der Waals surface area contributed by atoms with Crippen LogP contribution in [-0.4, -0.2) is 35.7 Å². The molecule has 1 aliphatic carbocycles. The maximum atomic E-state index is 13.2. The van der Waals surface area contributed by atoms with E-state index in [2.05, 4.69) is 5.32 Å². The number of urea groups is 1. The standard InChI is InChI=1S/C15H21FN2O2/c1-10-8-12(6-7-13(10)16)17-15(20)18(2)9-11-4-3-5-14(11)19/h6-8,11,14,19H,3-5,9H2,1-2H3,(H,17,20). The highest BCUT2D eigenvalue weighted by Crippen LogP contribution is 2.26. The third-order valence-corrected chi connectivity index (χ3v) is 3.88. The summed E-state index contributed by atoms with van der Waals surface area (Å²) in [4.78, 5) is 13.6. The molecule has 2 amide bonds. The van der Waals surface area contributed by atoms with Gasteiger partial charge in [-0.25, -0.2) is 9.18 Å². The van der Waals surface area contributed by atoms with Gasteiger partial charge in [0.15, 0.2) is 0 Å². The minimum Gasteiger partial charge on any atom is -0.393 e. The predicted octanol–water partition coefficient (Wildman–Crippen LogP) is 2.76. The van der Waals surface area contributed by atoms with Gasteiger partial charge in [0.25, 0.3) is 0 Å². The first-order chi connectivity index (χ1) is 9.47. The highest BCUT2D eigenvalue weighted by atomic mass is 19.1. The van der Waals surface area contributed by atoms with E-state index < -0.39 is 0 Å². The summed E-state index contributed by atoms with van der Waals surface area (Å²) in [6.07, 6.45) is 2.47. The molecule has 0 aliphatic heterocycles. The molecule has 2 unspecified atom stereocenters. The second kappa shape index (κ2) is 6.22. The number of benzene rings is 1. The first-order valence-corrected chi connectivity index (χ1v) is 6.93. The van der Waals surface area contributed by atoms with E-state index in [1.54, 1.807) is 31.0 Å². The van der Waals surface area contributed by atoms with E-state index in [0.717, 1.165) is 19.3 Å². The molecule has 5 heteroatoms. The first-order valence-electron chi connectivity index (χ1n) is 6.93. The van der Waals surface area contributed by atoms with E-state index in [1.807, 2.05) is 0 Å². The van der Waals surface area contributed by atoms with Crippen molar-refractivity contribution < 1.29 is 14.3 Å². The smallest absolute Gasteiger partial charge is 0.321 e. The number of carbonyl (C=O) groups is 1. The Hall–Kier alpha value is -1.62. The predicted molar refractivity (Wildman–Crippen MR) is 76.1 cm³/mol. The summed E-state index contributed by atoms with van der Waals surface area (Å²) in [5, 5.41) is 12.5. The van der Waals surface area contributed by atoms with Crippen LogP contribution in [0.4, 0.5) is 14.9 Å². The minimum atomic E-state index is -0.307. The van der Waals surface area contributed by atoms with Crippen LogP contribution in [0, 0.1) is 18.7 Å². The second-order valence-electron chi connectivity index (χ2n) is 5.53. The molecule has 1 fully saturated rings. The van der Waals surface area contributed by atoms with Crippen LogP contribution in [0.15, 0.2) is 18.2 Å². The topological polar surface area (TPSA) is 52.6 Å². The number of halogens is 1. The second-order valence-corrected chi connectivity index (χ2v) is 5.53. The molecule has 1 aliphatic rings. The van der Waals surface area contributed by atoms with Crippen molar-refractivity contribution in [3.63, 3.8) is 0 Å². The van der Waals surface area contributed by atoms with Crippen LogP contribution in [0.3, 0.4) is 0 Å². The summed E-state index contributed by atoms with van der Waals surface area (Å²) in [5.74, 6) is -0.133. The molecular weight excluding hydrogens is 259 g/mol. The largest absolute Gasteiger partial charge is 0.393 e. The van der Waals surface area contributed by atoms with Gasteiger partial charge in [0.1, 0.15) is 5.82 Å². The minimum absolute atomic E-state index is 0.153. The zero-order chi connectivity index (χ0) is 14.7. The van der Waals surface area contributed by atoms with Crippen LogP contribution in [0.5, 0.6) is 0 Å². The molecule has 1 aromatic carbocycles. The van der Waals surface area contributed by atoms with Crippen LogP contribution in [0.2, 0.25) is 0 Å². The van der Waals surface area contributed by atoms with Gasteiger partial charge in [0.05, 0.1) is 6.10 Å². The molecule has 0 saturated heterocycles. The van der Waals surface area contributed by atoms with Crippen LogP contribution >= 0.6 is 0 Å². The molecule has 0 spiro atoms. The van der Waals surface area contributed by atoms with E-state index in [4.69, 9.17) is 0 Å². The molecule has 4 nitrogen and oxygen atoms in total. The summed E-state index contributed by atoms with van der Waals surface area (Å²) in [5.41, 5.74) is 1.07. The molecule has 110 valence electrons. The molecule has 0 bridgehead atoms.